The molecule has 2 N–H and O–H groups in total. The Bertz CT molecular complexity index is 822. The van der Waals surface area contributed by atoms with Crippen LogP contribution in [0.25, 0.3) is 10.9 Å². The quantitative estimate of drug-likeness (QED) is 0.725. The molecule has 0 atom stereocenters. The van der Waals surface area contributed by atoms with Gasteiger partial charge in [-0.3, -0.25) is 9.48 Å². The molecule has 5 heteroatoms. The number of hydrogen-bond acceptors (Lipinski definition) is 3. The number of aromatic nitrogens is 2. The molecule has 0 saturated heterocycles. The zero-order valence-corrected chi connectivity index (χ0v) is 10.6. The fourth-order valence-electron chi connectivity index (χ4n) is 2.18. The maximum Gasteiger partial charge on any atom is 0.207 e. The smallest absolute Gasteiger partial charge is 0.207 e. The highest BCUT2D eigenvalue weighted by atomic mass is 19.1. The van der Waals surface area contributed by atoms with Crippen LogP contribution in [0, 0.1) is 5.82 Å². The molecule has 0 bridgehead atoms. The van der Waals surface area contributed by atoms with Gasteiger partial charge in [-0.25, -0.2) is 4.39 Å². The molecule has 3 rings (SSSR count). The summed E-state index contributed by atoms with van der Waals surface area (Å²) >= 11 is 0. The Morgan fingerprint density at radius 2 is 1.95 bits per heavy atom. The highest BCUT2D eigenvalue weighted by Crippen LogP contribution is 2.18. The molecule has 2 aromatic carbocycles. The van der Waals surface area contributed by atoms with Crippen LogP contribution < -0.4 is 11.2 Å². The Morgan fingerprint density at radius 1 is 1.15 bits per heavy atom. The second-order valence-electron chi connectivity index (χ2n) is 4.49. The number of nitrogen functional groups attached to an aromatic ring is 1. The molecule has 0 unspecified atom stereocenters. The first kappa shape index (κ1) is 12.3. The standard InChI is InChI=1S/C15H12FN3O/c16-12-5-3-6-13(17)11(12)9-19-14-7-2-1-4-10(14)15(20)8-18-19/h1-8H,9,17H2. The predicted octanol–water partition coefficient (Wildman–Crippen LogP) is 2.17. The van der Waals surface area contributed by atoms with Crippen molar-refractivity contribution >= 4 is 16.6 Å². The lowest BCUT2D eigenvalue weighted by Gasteiger charge is -2.11. The molecule has 3 aromatic rings. The van der Waals surface area contributed by atoms with Crippen molar-refractivity contribution in [2.24, 2.45) is 0 Å². The van der Waals surface area contributed by atoms with Gasteiger partial charge in [0.15, 0.2) is 0 Å². The highest BCUT2D eigenvalue weighted by molar-refractivity contribution is 5.78. The summed E-state index contributed by atoms with van der Waals surface area (Å²) in [7, 11) is 0. The van der Waals surface area contributed by atoms with Crippen LogP contribution >= 0.6 is 0 Å². The first-order valence-electron chi connectivity index (χ1n) is 6.14. The Hall–Kier alpha value is -2.69. The molecular formula is C15H12FN3O. The van der Waals surface area contributed by atoms with Crippen LogP contribution in [0.1, 0.15) is 5.56 Å². The highest BCUT2D eigenvalue weighted by Gasteiger charge is 2.09. The van der Waals surface area contributed by atoms with E-state index in [1.165, 1.54) is 12.3 Å². The van der Waals surface area contributed by atoms with Crippen molar-refractivity contribution in [3.8, 4) is 0 Å². The molecule has 100 valence electrons. The van der Waals surface area contributed by atoms with Crippen molar-refractivity contribution in [2.75, 3.05) is 5.73 Å². The Kier molecular flexibility index (Phi) is 2.95. The maximum absolute atomic E-state index is 13.8. The number of nitrogens with two attached hydrogens (primary N) is 1. The Labute approximate surface area is 114 Å². The number of fused-ring (bicyclic) bond motifs is 1. The summed E-state index contributed by atoms with van der Waals surface area (Å²) < 4.78 is 15.4. The van der Waals surface area contributed by atoms with Gasteiger partial charge in [-0.05, 0) is 24.3 Å². The fraction of sp³-hybridized carbons (Fsp3) is 0.0667. The van der Waals surface area contributed by atoms with Crippen LogP contribution in [0.3, 0.4) is 0 Å². The molecule has 0 spiro atoms. The van der Waals surface area contributed by atoms with E-state index in [0.29, 0.717) is 22.2 Å². The van der Waals surface area contributed by atoms with Crippen molar-refractivity contribution in [2.45, 2.75) is 6.54 Å². The number of halogens is 1. The third-order valence-electron chi connectivity index (χ3n) is 3.22. The molecule has 4 nitrogen and oxygen atoms in total. The lowest BCUT2D eigenvalue weighted by atomic mass is 10.1. The first-order valence-corrected chi connectivity index (χ1v) is 6.14. The molecule has 0 saturated carbocycles. The van der Waals surface area contributed by atoms with Crippen molar-refractivity contribution < 1.29 is 4.39 Å². The molecule has 20 heavy (non-hydrogen) atoms. The summed E-state index contributed by atoms with van der Waals surface area (Å²) in [6.07, 6.45) is 1.24. The van der Waals surface area contributed by atoms with Crippen LogP contribution in [0.2, 0.25) is 0 Å². The average molecular weight is 269 g/mol. The SMILES string of the molecule is Nc1cccc(F)c1Cn1ncc(=O)c2ccccc21. The summed E-state index contributed by atoms with van der Waals surface area (Å²) in [5, 5.41) is 4.62. The first-order chi connectivity index (χ1) is 9.66. The lowest BCUT2D eigenvalue weighted by molar-refractivity contribution is 0.589. The third-order valence-corrected chi connectivity index (χ3v) is 3.22. The summed E-state index contributed by atoms with van der Waals surface area (Å²) in [5.41, 5.74) is 7.04. The fourth-order valence-corrected chi connectivity index (χ4v) is 2.18. The van der Waals surface area contributed by atoms with Crippen LogP contribution in [-0.4, -0.2) is 9.78 Å². The zero-order chi connectivity index (χ0) is 14.1. The number of nitrogens with zero attached hydrogens (tertiary/aromatic N) is 2. The molecule has 1 aromatic heterocycles. The van der Waals surface area contributed by atoms with E-state index in [2.05, 4.69) is 5.10 Å². The molecule has 0 aliphatic heterocycles. The number of benzene rings is 2. The number of anilines is 1. The van der Waals surface area contributed by atoms with E-state index in [4.69, 9.17) is 5.73 Å². The van der Waals surface area contributed by atoms with E-state index in [-0.39, 0.29) is 17.8 Å². The van der Waals surface area contributed by atoms with Gasteiger partial charge in [-0.15, -0.1) is 0 Å². The normalized spacial score (nSPS) is 10.8. The topological polar surface area (TPSA) is 60.9 Å². The van der Waals surface area contributed by atoms with E-state index < -0.39 is 0 Å². The number of para-hydroxylation sites is 1. The van der Waals surface area contributed by atoms with E-state index in [0.717, 1.165) is 0 Å². The maximum atomic E-state index is 13.8. The summed E-state index contributed by atoms with van der Waals surface area (Å²) in [6, 6.07) is 11.7. The molecule has 1 heterocycles. The van der Waals surface area contributed by atoms with E-state index in [9.17, 15) is 9.18 Å². The van der Waals surface area contributed by atoms with Gasteiger partial charge in [0.2, 0.25) is 5.43 Å². The predicted molar refractivity (Wildman–Crippen MR) is 75.9 cm³/mol. The molecule has 0 aliphatic rings. The van der Waals surface area contributed by atoms with E-state index >= 15 is 0 Å². The van der Waals surface area contributed by atoms with Crippen molar-refractivity contribution in [3.63, 3.8) is 0 Å². The van der Waals surface area contributed by atoms with Gasteiger partial charge in [-0.2, -0.15) is 5.10 Å². The molecule has 0 fully saturated rings. The van der Waals surface area contributed by atoms with Crippen molar-refractivity contribution in [3.05, 3.63) is 70.3 Å². The van der Waals surface area contributed by atoms with E-state index in [1.54, 1.807) is 35.0 Å². The minimum atomic E-state index is -0.380. The van der Waals surface area contributed by atoms with Gasteiger partial charge >= 0.3 is 0 Å². The summed E-state index contributed by atoms with van der Waals surface area (Å²) in [6.45, 7) is 0.180. The van der Waals surface area contributed by atoms with Gasteiger partial charge in [0.05, 0.1) is 18.3 Å². The minimum Gasteiger partial charge on any atom is -0.398 e. The summed E-state index contributed by atoms with van der Waals surface area (Å²) in [4.78, 5) is 11.7. The largest absolute Gasteiger partial charge is 0.398 e. The monoisotopic (exact) mass is 269 g/mol. The molecule has 0 radical (unpaired) electrons. The zero-order valence-electron chi connectivity index (χ0n) is 10.6. The van der Waals surface area contributed by atoms with Crippen LogP contribution in [0.5, 0.6) is 0 Å². The number of rotatable bonds is 2. The van der Waals surface area contributed by atoms with Crippen LogP contribution in [0.15, 0.2) is 53.5 Å². The second kappa shape index (κ2) is 4.77. The minimum absolute atomic E-state index is 0.154. The number of hydrogen-bond donors (Lipinski definition) is 1. The van der Waals surface area contributed by atoms with Crippen LogP contribution in [0.4, 0.5) is 10.1 Å². The van der Waals surface area contributed by atoms with Gasteiger partial charge in [0.1, 0.15) is 5.82 Å². The van der Waals surface area contributed by atoms with Gasteiger partial charge in [0, 0.05) is 16.6 Å². The molecule has 0 amide bonds. The Balaban J connectivity index is 2.17. The van der Waals surface area contributed by atoms with Crippen molar-refractivity contribution in [1.82, 2.24) is 9.78 Å². The van der Waals surface area contributed by atoms with E-state index in [1.807, 2.05) is 6.07 Å². The van der Waals surface area contributed by atoms with Crippen LogP contribution in [-0.2, 0) is 6.54 Å². The Morgan fingerprint density at radius 3 is 2.75 bits per heavy atom. The van der Waals surface area contributed by atoms with Crippen molar-refractivity contribution in [1.29, 1.82) is 0 Å². The average Bonchev–Trinajstić information content (AvgIpc) is 2.46. The third kappa shape index (κ3) is 2.03. The van der Waals surface area contributed by atoms with Gasteiger partial charge in [0.25, 0.3) is 0 Å². The van der Waals surface area contributed by atoms with Gasteiger partial charge < -0.3 is 5.73 Å². The summed E-state index contributed by atoms with van der Waals surface area (Å²) in [5.74, 6) is -0.380. The lowest BCUT2D eigenvalue weighted by Crippen LogP contribution is -2.14. The second-order valence-corrected chi connectivity index (χ2v) is 4.49. The van der Waals surface area contributed by atoms with Gasteiger partial charge in [-0.1, -0.05) is 18.2 Å². The molecular weight excluding hydrogens is 257 g/mol. The molecule has 0 aliphatic carbocycles.